The number of amides is 1. The molecule has 0 bridgehead atoms. The lowest BCUT2D eigenvalue weighted by atomic mass is 10.2. The molecule has 0 fully saturated rings. The molecule has 0 unspecified atom stereocenters. The van der Waals surface area contributed by atoms with Crippen molar-refractivity contribution in [2.45, 2.75) is 26.4 Å². The number of aromatic nitrogens is 2. The number of nitrogens with zero attached hydrogens (tertiary/aromatic N) is 2. The number of rotatable bonds is 4. The summed E-state index contributed by atoms with van der Waals surface area (Å²) in [5.41, 5.74) is 3.48. The van der Waals surface area contributed by atoms with Crippen LogP contribution in [0.5, 0.6) is 0 Å². The Bertz CT molecular complexity index is 1010. The molecule has 0 atom stereocenters. The molecule has 1 aromatic heterocycles. The van der Waals surface area contributed by atoms with E-state index in [1.54, 1.807) is 41.1 Å². The van der Waals surface area contributed by atoms with Gasteiger partial charge in [0.25, 0.3) is 5.91 Å². The molecule has 0 radical (unpaired) electrons. The van der Waals surface area contributed by atoms with Crippen molar-refractivity contribution in [1.82, 2.24) is 15.0 Å². The smallest absolute Gasteiger partial charge is 0.295 e. The fraction of sp³-hybridized carbons (Fsp3) is 0.200. The maximum Gasteiger partial charge on any atom is 0.295 e. The van der Waals surface area contributed by atoms with Crippen LogP contribution in [0.15, 0.2) is 48.7 Å². The molecule has 0 aliphatic carbocycles. The molecule has 28 heavy (non-hydrogen) atoms. The molecule has 0 spiro atoms. The molecule has 0 aliphatic heterocycles. The SMILES string of the molecule is CC(C)(C)ONC(=O)c1cn(-c2ccc(Cl)cc2Cl)c(-c2ccc(Cl)cc2)n1. The van der Waals surface area contributed by atoms with Crippen LogP contribution in [0.4, 0.5) is 0 Å². The highest BCUT2D eigenvalue weighted by Crippen LogP contribution is 2.30. The fourth-order valence-electron chi connectivity index (χ4n) is 2.40. The molecule has 8 heteroatoms. The summed E-state index contributed by atoms with van der Waals surface area (Å²) in [6.45, 7) is 5.50. The Morgan fingerprint density at radius 1 is 1.04 bits per heavy atom. The zero-order valence-electron chi connectivity index (χ0n) is 15.5. The number of nitrogens with one attached hydrogen (secondary N) is 1. The third-order valence-corrected chi connectivity index (χ3v) is 4.45. The highest BCUT2D eigenvalue weighted by molar-refractivity contribution is 6.35. The third kappa shape index (κ3) is 4.86. The summed E-state index contributed by atoms with van der Waals surface area (Å²) in [4.78, 5) is 22.4. The number of hydroxylamine groups is 1. The van der Waals surface area contributed by atoms with Crippen molar-refractivity contribution < 1.29 is 9.63 Å². The Morgan fingerprint density at radius 3 is 2.29 bits per heavy atom. The normalized spacial score (nSPS) is 11.5. The van der Waals surface area contributed by atoms with E-state index in [2.05, 4.69) is 10.5 Å². The zero-order chi connectivity index (χ0) is 20.5. The quantitative estimate of drug-likeness (QED) is 0.511. The number of benzene rings is 2. The summed E-state index contributed by atoms with van der Waals surface area (Å²) >= 11 is 18.4. The van der Waals surface area contributed by atoms with Crippen molar-refractivity contribution in [3.8, 4) is 17.1 Å². The Kier molecular flexibility index (Phi) is 6.01. The highest BCUT2D eigenvalue weighted by Gasteiger charge is 2.20. The van der Waals surface area contributed by atoms with Crippen molar-refractivity contribution in [3.63, 3.8) is 0 Å². The predicted octanol–water partition coefficient (Wildman–Crippen LogP) is 5.96. The van der Waals surface area contributed by atoms with Gasteiger partial charge in [-0.1, -0.05) is 34.8 Å². The predicted molar refractivity (Wildman–Crippen MR) is 112 cm³/mol. The van der Waals surface area contributed by atoms with Gasteiger partial charge in [0.1, 0.15) is 11.5 Å². The maximum absolute atomic E-state index is 12.5. The lowest BCUT2D eigenvalue weighted by molar-refractivity contribution is -0.0591. The van der Waals surface area contributed by atoms with Gasteiger partial charge in [-0.25, -0.2) is 10.5 Å². The molecule has 2 aromatic carbocycles. The topological polar surface area (TPSA) is 56.1 Å². The average Bonchev–Trinajstić information content (AvgIpc) is 3.05. The molecular formula is C20H18Cl3N3O2. The molecular weight excluding hydrogens is 421 g/mol. The summed E-state index contributed by atoms with van der Waals surface area (Å²) in [6.07, 6.45) is 1.60. The van der Waals surface area contributed by atoms with Crippen LogP contribution in [0.1, 0.15) is 31.3 Å². The number of carbonyl (C=O) groups is 1. The van der Waals surface area contributed by atoms with Crippen LogP contribution in [-0.2, 0) is 4.84 Å². The Labute approximate surface area is 178 Å². The summed E-state index contributed by atoms with van der Waals surface area (Å²) in [5.74, 6) is 0.0655. The van der Waals surface area contributed by atoms with E-state index in [4.69, 9.17) is 39.6 Å². The third-order valence-electron chi connectivity index (χ3n) is 3.66. The summed E-state index contributed by atoms with van der Waals surface area (Å²) < 4.78 is 1.73. The van der Waals surface area contributed by atoms with E-state index >= 15 is 0 Å². The fourth-order valence-corrected chi connectivity index (χ4v) is 3.03. The van der Waals surface area contributed by atoms with Crippen LogP contribution in [-0.4, -0.2) is 21.1 Å². The monoisotopic (exact) mass is 437 g/mol. The van der Waals surface area contributed by atoms with Crippen LogP contribution in [0.2, 0.25) is 15.1 Å². The van der Waals surface area contributed by atoms with E-state index in [0.717, 1.165) is 5.56 Å². The van der Waals surface area contributed by atoms with Gasteiger partial charge >= 0.3 is 0 Å². The molecule has 1 N–H and O–H groups in total. The molecule has 0 saturated carbocycles. The van der Waals surface area contributed by atoms with Crippen LogP contribution in [0.25, 0.3) is 17.1 Å². The second kappa shape index (κ2) is 8.13. The van der Waals surface area contributed by atoms with Gasteiger partial charge in [-0.2, -0.15) is 0 Å². The molecule has 3 rings (SSSR count). The van der Waals surface area contributed by atoms with Gasteiger partial charge < -0.3 is 0 Å². The first-order valence-corrected chi connectivity index (χ1v) is 9.56. The second-order valence-corrected chi connectivity index (χ2v) is 8.35. The largest absolute Gasteiger partial charge is 0.297 e. The van der Waals surface area contributed by atoms with Crippen molar-refractivity contribution in [1.29, 1.82) is 0 Å². The standard InChI is InChI=1S/C20H18Cl3N3O2/c1-20(2,3)28-25-19(27)16-11-26(17-9-8-14(22)10-15(17)23)18(24-16)12-4-6-13(21)7-5-12/h4-11H,1-3H3,(H,25,27). The second-order valence-electron chi connectivity index (χ2n) is 7.07. The number of imidazole rings is 1. The Morgan fingerprint density at radius 2 is 1.68 bits per heavy atom. The summed E-state index contributed by atoms with van der Waals surface area (Å²) in [6, 6.07) is 12.3. The molecule has 5 nitrogen and oxygen atoms in total. The average molecular weight is 439 g/mol. The van der Waals surface area contributed by atoms with Gasteiger partial charge in [0.2, 0.25) is 0 Å². The Balaban J connectivity index is 2.07. The van der Waals surface area contributed by atoms with Crippen LogP contribution in [0.3, 0.4) is 0 Å². The van der Waals surface area contributed by atoms with Gasteiger partial charge in [0.15, 0.2) is 0 Å². The molecule has 0 saturated heterocycles. The van der Waals surface area contributed by atoms with E-state index in [0.29, 0.717) is 26.6 Å². The summed E-state index contributed by atoms with van der Waals surface area (Å²) in [7, 11) is 0. The van der Waals surface area contributed by atoms with E-state index in [1.165, 1.54) is 0 Å². The van der Waals surface area contributed by atoms with Gasteiger partial charge in [-0.3, -0.25) is 14.2 Å². The number of hydrogen-bond acceptors (Lipinski definition) is 3. The molecule has 3 aromatic rings. The van der Waals surface area contributed by atoms with E-state index in [1.807, 2.05) is 32.9 Å². The van der Waals surface area contributed by atoms with E-state index in [-0.39, 0.29) is 5.69 Å². The molecule has 0 aliphatic rings. The minimum atomic E-state index is -0.531. The van der Waals surface area contributed by atoms with E-state index < -0.39 is 11.5 Å². The molecule has 1 amide bonds. The maximum atomic E-state index is 12.5. The van der Waals surface area contributed by atoms with Crippen molar-refractivity contribution in [2.24, 2.45) is 0 Å². The van der Waals surface area contributed by atoms with Gasteiger partial charge in [-0.05, 0) is 63.2 Å². The first kappa shape index (κ1) is 20.7. The van der Waals surface area contributed by atoms with Crippen LogP contribution in [0, 0.1) is 0 Å². The first-order chi connectivity index (χ1) is 13.1. The minimum absolute atomic E-state index is 0.181. The van der Waals surface area contributed by atoms with E-state index in [9.17, 15) is 4.79 Å². The van der Waals surface area contributed by atoms with Crippen molar-refractivity contribution in [3.05, 3.63) is 69.4 Å². The van der Waals surface area contributed by atoms with Crippen molar-refractivity contribution >= 4 is 40.7 Å². The van der Waals surface area contributed by atoms with Crippen LogP contribution < -0.4 is 5.48 Å². The Hall–Kier alpha value is -2.05. The molecule has 1 heterocycles. The van der Waals surface area contributed by atoms with Gasteiger partial charge in [0.05, 0.1) is 16.3 Å². The van der Waals surface area contributed by atoms with Crippen molar-refractivity contribution in [2.75, 3.05) is 0 Å². The number of hydrogen-bond donors (Lipinski definition) is 1. The lowest BCUT2D eigenvalue weighted by Gasteiger charge is -2.18. The van der Waals surface area contributed by atoms with Gasteiger partial charge in [0, 0.05) is 21.8 Å². The lowest BCUT2D eigenvalue weighted by Crippen LogP contribution is -2.33. The zero-order valence-corrected chi connectivity index (χ0v) is 17.7. The van der Waals surface area contributed by atoms with Crippen LogP contribution >= 0.6 is 34.8 Å². The number of halogens is 3. The molecule has 146 valence electrons. The van der Waals surface area contributed by atoms with Gasteiger partial charge in [-0.15, -0.1) is 0 Å². The summed E-state index contributed by atoms with van der Waals surface area (Å²) in [5, 5.41) is 1.54. The minimum Gasteiger partial charge on any atom is -0.297 e. The first-order valence-electron chi connectivity index (χ1n) is 8.43. The number of carbonyl (C=O) groups excluding carboxylic acids is 1. The highest BCUT2D eigenvalue weighted by atomic mass is 35.5.